The van der Waals surface area contributed by atoms with Crippen molar-refractivity contribution in [1.82, 2.24) is 4.90 Å². The van der Waals surface area contributed by atoms with Gasteiger partial charge in [-0.05, 0) is 26.7 Å². The highest BCUT2D eigenvalue weighted by molar-refractivity contribution is 5.45. The van der Waals surface area contributed by atoms with Crippen molar-refractivity contribution in [2.75, 3.05) is 21.1 Å². The molecule has 0 saturated heterocycles. The van der Waals surface area contributed by atoms with Crippen molar-refractivity contribution in [2.24, 2.45) is 0 Å². The molecule has 1 aromatic carbocycles. The van der Waals surface area contributed by atoms with Crippen LogP contribution in [-0.2, 0) is 0 Å². The lowest BCUT2D eigenvalue weighted by Crippen LogP contribution is -1.99. The Balaban J connectivity index is 0. The van der Waals surface area contributed by atoms with E-state index in [0.717, 1.165) is 0 Å². The predicted octanol–water partition coefficient (Wildman–Crippen LogP) is 2.66. The van der Waals surface area contributed by atoms with E-state index < -0.39 is 0 Å². The van der Waals surface area contributed by atoms with Crippen LogP contribution in [0.4, 0.5) is 4.70 Å². The molecule has 0 spiro atoms. The molecule has 0 aliphatic carbocycles. The molecule has 0 N–H and O–H groups in total. The van der Waals surface area contributed by atoms with Crippen molar-refractivity contribution in [3.63, 3.8) is 0 Å². The first-order valence-corrected chi connectivity index (χ1v) is 3.95. The van der Waals surface area contributed by atoms with E-state index in [1.165, 1.54) is 5.56 Å². The summed E-state index contributed by atoms with van der Waals surface area (Å²) in [5, 5.41) is 0. The summed E-state index contributed by atoms with van der Waals surface area (Å²) >= 11 is 0. The van der Waals surface area contributed by atoms with Gasteiger partial charge in [0.1, 0.15) is 0 Å². The number of halogens is 1. The Bertz CT molecular complexity index is 204. The van der Waals surface area contributed by atoms with Crippen LogP contribution in [0.5, 0.6) is 0 Å². The lowest BCUT2D eigenvalue weighted by Gasteiger charge is -1.90. The van der Waals surface area contributed by atoms with E-state index in [9.17, 15) is 0 Å². The third kappa shape index (κ3) is 10.8. The molecule has 74 valence electrons. The normalized spacial score (nSPS) is 8.00. The Labute approximate surface area is 80.1 Å². The quantitative estimate of drug-likeness (QED) is 0.647. The fourth-order valence-electron chi connectivity index (χ4n) is 0.589. The van der Waals surface area contributed by atoms with Crippen LogP contribution in [0.2, 0.25) is 0 Å². The van der Waals surface area contributed by atoms with Gasteiger partial charge in [-0.1, -0.05) is 43.0 Å². The van der Waals surface area contributed by atoms with Crippen LogP contribution in [0.1, 0.15) is 5.56 Å². The summed E-state index contributed by atoms with van der Waals surface area (Å²) in [5.41, 5.74) is 1.17. The molecule has 0 unspecified atom stereocenters. The molecule has 1 nitrogen and oxygen atoms in total. The molecule has 13 heavy (non-hydrogen) atoms. The van der Waals surface area contributed by atoms with Crippen LogP contribution in [-0.4, -0.2) is 26.0 Å². The van der Waals surface area contributed by atoms with Gasteiger partial charge in [0.25, 0.3) is 0 Å². The summed E-state index contributed by atoms with van der Waals surface area (Å²) in [6.07, 6.45) is 1.83. The van der Waals surface area contributed by atoms with E-state index in [1.54, 1.807) is 0 Å². The van der Waals surface area contributed by atoms with Gasteiger partial charge in [-0.25, -0.2) is 0 Å². The molecule has 0 radical (unpaired) electrons. The summed E-state index contributed by atoms with van der Waals surface area (Å²) < 4.78 is 0. The lowest BCUT2D eigenvalue weighted by molar-refractivity contribution is 0.505. The second-order valence-electron chi connectivity index (χ2n) is 2.96. The average molecular weight is 183 g/mol. The highest BCUT2D eigenvalue weighted by atomic mass is 19.0. The zero-order valence-electron chi connectivity index (χ0n) is 8.53. The van der Waals surface area contributed by atoms with Crippen LogP contribution in [0.3, 0.4) is 0 Å². The molecular weight excluding hydrogens is 165 g/mol. The zero-order valence-corrected chi connectivity index (χ0v) is 8.53. The number of benzene rings is 1. The maximum atomic E-state index is 3.63. The third-order valence-corrected chi connectivity index (χ3v) is 1.04. The van der Waals surface area contributed by atoms with E-state index in [0.29, 0.717) is 0 Å². The van der Waals surface area contributed by atoms with Gasteiger partial charge in [0.05, 0.1) is 0 Å². The minimum absolute atomic E-state index is 0. The monoisotopic (exact) mass is 183 g/mol. The SMILES string of the molecule is C=Cc1ccccc1.CN(C)C.F. The molecule has 0 heterocycles. The fourth-order valence-corrected chi connectivity index (χ4v) is 0.589. The highest BCUT2D eigenvalue weighted by Gasteiger charge is 1.75. The Morgan fingerprint density at radius 2 is 1.46 bits per heavy atom. The third-order valence-electron chi connectivity index (χ3n) is 1.04. The van der Waals surface area contributed by atoms with E-state index >= 15 is 0 Å². The molecule has 0 aromatic heterocycles. The van der Waals surface area contributed by atoms with Gasteiger partial charge in [0.2, 0.25) is 0 Å². The van der Waals surface area contributed by atoms with Crippen LogP contribution in [0.15, 0.2) is 36.9 Å². The molecule has 0 aliphatic rings. The largest absolute Gasteiger partial charge is 0.312 e. The van der Waals surface area contributed by atoms with E-state index in [4.69, 9.17) is 0 Å². The Hall–Kier alpha value is -1.15. The van der Waals surface area contributed by atoms with Crippen LogP contribution >= 0.6 is 0 Å². The first-order chi connectivity index (χ1) is 5.66. The molecule has 1 rings (SSSR count). The molecule has 0 fully saturated rings. The molecule has 0 saturated carbocycles. The van der Waals surface area contributed by atoms with Gasteiger partial charge in [-0.15, -0.1) is 0 Å². The summed E-state index contributed by atoms with van der Waals surface area (Å²) in [6, 6.07) is 10.0. The van der Waals surface area contributed by atoms with Crippen molar-refractivity contribution >= 4 is 6.08 Å². The maximum absolute atomic E-state index is 3.63. The van der Waals surface area contributed by atoms with Crippen molar-refractivity contribution < 1.29 is 4.70 Å². The molecule has 0 bridgehead atoms. The molecule has 0 atom stereocenters. The smallest absolute Gasteiger partial charge is 0.0140 e. The van der Waals surface area contributed by atoms with Gasteiger partial charge in [0, 0.05) is 0 Å². The second-order valence-corrected chi connectivity index (χ2v) is 2.96. The number of rotatable bonds is 1. The Morgan fingerprint density at radius 1 is 1.08 bits per heavy atom. The summed E-state index contributed by atoms with van der Waals surface area (Å²) in [7, 11) is 6.00. The Kier molecular flexibility index (Phi) is 9.89. The first kappa shape index (κ1) is 14.4. The maximum Gasteiger partial charge on any atom is -0.0140 e. The van der Waals surface area contributed by atoms with Gasteiger partial charge in [0.15, 0.2) is 0 Å². The van der Waals surface area contributed by atoms with Gasteiger partial charge in [-0.2, -0.15) is 0 Å². The topological polar surface area (TPSA) is 3.24 Å². The molecule has 2 heteroatoms. The molecular formula is C11H18FN. The van der Waals surface area contributed by atoms with Crippen molar-refractivity contribution in [3.8, 4) is 0 Å². The number of nitrogens with zero attached hydrogens (tertiary/aromatic N) is 1. The molecule has 0 aliphatic heterocycles. The van der Waals surface area contributed by atoms with Crippen molar-refractivity contribution in [2.45, 2.75) is 0 Å². The Morgan fingerprint density at radius 3 is 1.69 bits per heavy atom. The number of hydrogen-bond donors (Lipinski definition) is 0. The van der Waals surface area contributed by atoms with E-state index in [1.807, 2.05) is 62.5 Å². The minimum atomic E-state index is 0. The van der Waals surface area contributed by atoms with Gasteiger partial charge < -0.3 is 4.90 Å². The summed E-state index contributed by atoms with van der Waals surface area (Å²) in [4.78, 5) is 2.00. The molecule has 0 amide bonds. The standard InChI is InChI=1S/C8H8.C3H9N.FH/c1-2-8-6-4-3-5-7-8;1-4(2)3;/h2-7H,1H2;1-3H3;1H. The molecule has 1 aromatic rings. The van der Waals surface area contributed by atoms with E-state index in [-0.39, 0.29) is 4.70 Å². The minimum Gasteiger partial charge on any atom is -0.312 e. The number of hydrogen-bond acceptors (Lipinski definition) is 1. The summed E-state index contributed by atoms with van der Waals surface area (Å²) in [5.74, 6) is 0. The van der Waals surface area contributed by atoms with Crippen molar-refractivity contribution in [3.05, 3.63) is 42.5 Å². The predicted molar refractivity (Wildman–Crippen MR) is 58.6 cm³/mol. The van der Waals surface area contributed by atoms with Crippen LogP contribution < -0.4 is 0 Å². The zero-order chi connectivity index (χ0) is 9.40. The van der Waals surface area contributed by atoms with Gasteiger partial charge >= 0.3 is 0 Å². The van der Waals surface area contributed by atoms with Crippen LogP contribution in [0.25, 0.3) is 6.08 Å². The van der Waals surface area contributed by atoms with Crippen LogP contribution in [0, 0.1) is 0 Å². The summed E-state index contributed by atoms with van der Waals surface area (Å²) in [6.45, 7) is 3.63. The van der Waals surface area contributed by atoms with Gasteiger partial charge in [-0.3, -0.25) is 4.70 Å². The van der Waals surface area contributed by atoms with E-state index in [2.05, 4.69) is 6.58 Å². The average Bonchev–Trinajstić information content (AvgIpc) is 2.05. The van der Waals surface area contributed by atoms with Crippen molar-refractivity contribution in [1.29, 1.82) is 0 Å². The highest BCUT2D eigenvalue weighted by Crippen LogP contribution is 1.97. The fraction of sp³-hybridized carbons (Fsp3) is 0.273. The first-order valence-electron chi connectivity index (χ1n) is 3.95. The second kappa shape index (κ2) is 8.94. The lowest BCUT2D eigenvalue weighted by atomic mass is 10.2.